The SMILES string of the molecule is O=Cc1nc(C(F)F)ccc1F. The molecule has 0 amide bonds. The molecule has 0 aromatic carbocycles. The summed E-state index contributed by atoms with van der Waals surface area (Å²) in [5.74, 6) is -0.894. The molecule has 0 spiro atoms. The van der Waals surface area contributed by atoms with Crippen molar-refractivity contribution in [2.45, 2.75) is 6.43 Å². The summed E-state index contributed by atoms with van der Waals surface area (Å²) < 4.78 is 36.3. The standard InChI is InChI=1S/C7H4F3NO/c8-4-1-2-5(7(9)10)11-6(4)3-12/h1-3,7H. The molecule has 0 saturated carbocycles. The van der Waals surface area contributed by atoms with Crippen molar-refractivity contribution in [3.05, 3.63) is 29.3 Å². The van der Waals surface area contributed by atoms with Gasteiger partial charge in [-0.3, -0.25) is 4.79 Å². The number of pyridine rings is 1. The molecule has 0 unspecified atom stereocenters. The van der Waals surface area contributed by atoms with Crippen molar-refractivity contribution in [3.63, 3.8) is 0 Å². The second-order valence-corrected chi connectivity index (χ2v) is 2.02. The Hall–Kier alpha value is -1.39. The Bertz CT molecular complexity index is 301. The number of alkyl halides is 2. The average molecular weight is 175 g/mol. The molecule has 1 heterocycles. The molecule has 1 aromatic rings. The van der Waals surface area contributed by atoms with Gasteiger partial charge in [-0.05, 0) is 12.1 Å². The van der Waals surface area contributed by atoms with Crippen LogP contribution in [0.2, 0.25) is 0 Å². The van der Waals surface area contributed by atoms with Gasteiger partial charge >= 0.3 is 0 Å². The van der Waals surface area contributed by atoms with E-state index in [4.69, 9.17) is 0 Å². The highest BCUT2D eigenvalue weighted by Gasteiger charge is 2.11. The molecule has 0 saturated heterocycles. The number of hydrogen-bond acceptors (Lipinski definition) is 2. The van der Waals surface area contributed by atoms with Crippen molar-refractivity contribution in [3.8, 4) is 0 Å². The largest absolute Gasteiger partial charge is 0.296 e. The molecule has 0 aliphatic carbocycles. The lowest BCUT2D eigenvalue weighted by atomic mass is 10.3. The summed E-state index contributed by atoms with van der Waals surface area (Å²) in [6, 6.07) is 1.63. The molecule has 5 heteroatoms. The summed E-state index contributed by atoms with van der Waals surface area (Å²) in [6.07, 6.45) is -2.69. The van der Waals surface area contributed by atoms with Gasteiger partial charge in [-0.1, -0.05) is 0 Å². The number of nitrogens with zero attached hydrogens (tertiary/aromatic N) is 1. The summed E-state index contributed by atoms with van der Waals surface area (Å²) >= 11 is 0. The average Bonchev–Trinajstić information content (AvgIpc) is 2.05. The van der Waals surface area contributed by atoms with Crippen LogP contribution in [-0.2, 0) is 0 Å². The maximum Gasteiger partial charge on any atom is 0.280 e. The number of hydrogen-bond donors (Lipinski definition) is 0. The Morgan fingerprint density at radius 3 is 2.58 bits per heavy atom. The highest BCUT2D eigenvalue weighted by atomic mass is 19.3. The van der Waals surface area contributed by atoms with E-state index in [1.165, 1.54) is 0 Å². The van der Waals surface area contributed by atoms with Gasteiger partial charge in [-0.25, -0.2) is 18.2 Å². The van der Waals surface area contributed by atoms with E-state index in [1.54, 1.807) is 0 Å². The van der Waals surface area contributed by atoms with Crippen LogP contribution >= 0.6 is 0 Å². The van der Waals surface area contributed by atoms with E-state index < -0.39 is 23.6 Å². The number of aldehydes is 1. The van der Waals surface area contributed by atoms with Crippen LogP contribution in [0.25, 0.3) is 0 Å². The Kier molecular flexibility index (Phi) is 2.42. The fraction of sp³-hybridized carbons (Fsp3) is 0.143. The molecule has 64 valence electrons. The van der Waals surface area contributed by atoms with Crippen molar-refractivity contribution in [1.29, 1.82) is 0 Å². The third kappa shape index (κ3) is 1.61. The molecule has 1 aromatic heterocycles. The highest BCUT2D eigenvalue weighted by Crippen LogP contribution is 2.16. The van der Waals surface area contributed by atoms with Crippen molar-refractivity contribution in [2.24, 2.45) is 0 Å². The minimum atomic E-state index is -2.79. The number of carbonyl (C=O) groups is 1. The summed E-state index contributed by atoms with van der Waals surface area (Å²) in [7, 11) is 0. The van der Waals surface area contributed by atoms with Crippen molar-refractivity contribution in [1.82, 2.24) is 4.98 Å². The third-order valence-electron chi connectivity index (χ3n) is 1.23. The number of rotatable bonds is 2. The lowest BCUT2D eigenvalue weighted by Crippen LogP contribution is -1.98. The second kappa shape index (κ2) is 3.34. The molecule has 0 fully saturated rings. The Morgan fingerprint density at radius 1 is 1.42 bits per heavy atom. The van der Waals surface area contributed by atoms with Crippen molar-refractivity contribution >= 4 is 6.29 Å². The maximum atomic E-state index is 12.5. The van der Waals surface area contributed by atoms with Gasteiger partial charge in [0.15, 0.2) is 12.1 Å². The van der Waals surface area contributed by atoms with Gasteiger partial charge in [-0.15, -0.1) is 0 Å². The Labute approximate surface area is 66.0 Å². The quantitative estimate of drug-likeness (QED) is 0.643. The fourth-order valence-corrected chi connectivity index (χ4v) is 0.678. The van der Waals surface area contributed by atoms with E-state index in [-0.39, 0.29) is 6.29 Å². The molecule has 0 bridgehead atoms. The molecule has 2 nitrogen and oxygen atoms in total. The van der Waals surface area contributed by atoms with E-state index >= 15 is 0 Å². The Morgan fingerprint density at radius 2 is 2.08 bits per heavy atom. The lowest BCUT2D eigenvalue weighted by Gasteiger charge is -1.98. The summed E-state index contributed by atoms with van der Waals surface area (Å²) in [5, 5.41) is 0. The van der Waals surface area contributed by atoms with Crippen LogP contribution in [0.3, 0.4) is 0 Å². The molecule has 0 aliphatic heterocycles. The summed E-state index contributed by atoms with van der Waals surface area (Å²) in [5.41, 5.74) is -1.19. The van der Waals surface area contributed by atoms with E-state index in [0.29, 0.717) is 0 Å². The molecule has 0 N–H and O–H groups in total. The maximum absolute atomic E-state index is 12.5. The smallest absolute Gasteiger partial charge is 0.280 e. The van der Waals surface area contributed by atoms with Gasteiger partial charge in [-0.2, -0.15) is 0 Å². The van der Waals surface area contributed by atoms with Crippen LogP contribution in [0.5, 0.6) is 0 Å². The van der Waals surface area contributed by atoms with Crippen LogP contribution in [0.15, 0.2) is 12.1 Å². The monoisotopic (exact) mass is 175 g/mol. The second-order valence-electron chi connectivity index (χ2n) is 2.02. The molecule has 0 atom stereocenters. The van der Waals surface area contributed by atoms with Crippen LogP contribution < -0.4 is 0 Å². The molecular weight excluding hydrogens is 171 g/mol. The van der Waals surface area contributed by atoms with Crippen LogP contribution in [-0.4, -0.2) is 11.3 Å². The predicted octanol–water partition coefficient (Wildman–Crippen LogP) is 1.97. The first-order valence-corrected chi connectivity index (χ1v) is 3.05. The predicted molar refractivity (Wildman–Crippen MR) is 34.5 cm³/mol. The molecular formula is C7H4F3NO. The van der Waals surface area contributed by atoms with Gasteiger partial charge in [0.25, 0.3) is 6.43 Å². The molecule has 0 radical (unpaired) electrons. The van der Waals surface area contributed by atoms with E-state index in [0.717, 1.165) is 12.1 Å². The lowest BCUT2D eigenvalue weighted by molar-refractivity contribution is 0.111. The minimum Gasteiger partial charge on any atom is -0.296 e. The fourth-order valence-electron chi connectivity index (χ4n) is 0.678. The van der Waals surface area contributed by atoms with E-state index in [2.05, 4.69) is 4.98 Å². The number of carbonyl (C=O) groups excluding carboxylic acids is 1. The van der Waals surface area contributed by atoms with Crippen LogP contribution in [0.1, 0.15) is 22.6 Å². The molecule has 12 heavy (non-hydrogen) atoms. The van der Waals surface area contributed by atoms with E-state index in [9.17, 15) is 18.0 Å². The number of aromatic nitrogens is 1. The third-order valence-corrected chi connectivity index (χ3v) is 1.23. The summed E-state index contributed by atoms with van der Waals surface area (Å²) in [6.45, 7) is 0. The first-order chi connectivity index (χ1) is 5.65. The van der Waals surface area contributed by atoms with Crippen LogP contribution in [0.4, 0.5) is 13.2 Å². The molecule has 0 aliphatic rings. The van der Waals surface area contributed by atoms with Gasteiger partial charge in [0, 0.05) is 0 Å². The Balaban J connectivity index is 3.13. The van der Waals surface area contributed by atoms with E-state index in [1.807, 2.05) is 0 Å². The van der Waals surface area contributed by atoms with Gasteiger partial charge in [0.05, 0.1) is 0 Å². The minimum absolute atomic E-state index is 0.0984. The highest BCUT2D eigenvalue weighted by molar-refractivity contribution is 5.72. The van der Waals surface area contributed by atoms with Crippen LogP contribution in [0, 0.1) is 5.82 Å². The van der Waals surface area contributed by atoms with Crippen molar-refractivity contribution < 1.29 is 18.0 Å². The summed E-state index contributed by atoms with van der Waals surface area (Å²) in [4.78, 5) is 13.2. The van der Waals surface area contributed by atoms with Gasteiger partial charge in [0.2, 0.25) is 0 Å². The van der Waals surface area contributed by atoms with Crippen molar-refractivity contribution in [2.75, 3.05) is 0 Å². The zero-order valence-corrected chi connectivity index (χ0v) is 5.80. The zero-order chi connectivity index (χ0) is 9.14. The first-order valence-electron chi connectivity index (χ1n) is 3.05. The first kappa shape index (κ1) is 8.70. The normalized spacial score (nSPS) is 10.3. The van der Waals surface area contributed by atoms with Gasteiger partial charge < -0.3 is 0 Å². The molecule has 1 rings (SSSR count). The topological polar surface area (TPSA) is 30.0 Å². The number of halogens is 3. The zero-order valence-electron chi connectivity index (χ0n) is 5.80. The van der Waals surface area contributed by atoms with Gasteiger partial charge in [0.1, 0.15) is 11.4 Å².